The first-order chi connectivity index (χ1) is 25.3. The first-order valence-corrected chi connectivity index (χ1v) is 19.7. The standard InChI is InChI=1S/C40H50Cl3N5O5/c1-25-17-33(41)37(34(42)18-25)52-30-12-14-46(23-30)36-11-8-26(20-45-36)31-13-15-47(39(50)53-40(2,3)4)24-32(31)38(49)48(29-9-10-29)22-27-19-28(7-6-16-51-5)44-21-35(27)43/h8,11,17-21,29-32H,6-7,9-10,12-16,22-24H2,1-5H3/t30-,31+,32-/m1/s1. The first-order valence-electron chi connectivity index (χ1n) is 18.5. The van der Waals surface area contributed by atoms with Crippen molar-refractivity contribution in [2.75, 3.05) is 44.8 Å². The fourth-order valence-electron chi connectivity index (χ4n) is 7.25. The molecule has 3 aromatic rings. The van der Waals surface area contributed by atoms with Crippen molar-refractivity contribution >= 4 is 52.6 Å². The largest absolute Gasteiger partial charge is 0.485 e. The van der Waals surface area contributed by atoms with Crippen LogP contribution in [0.5, 0.6) is 5.75 Å². The van der Waals surface area contributed by atoms with Crippen LogP contribution in [0.25, 0.3) is 0 Å². The molecule has 1 aliphatic carbocycles. The lowest BCUT2D eigenvalue weighted by atomic mass is 9.80. The Morgan fingerprint density at radius 2 is 1.70 bits per heavy atom. The number of carbonyl (C=O) groups excluding carboxylic acids is 2. The van der Waals surface area contributed by atoms with E-state index >= 15 is 0 Å². The molecular weight excluding hydrogens is 737 g/mol. The van der Waals surface area contributed by atoms with E-state index in [2.05, 4.69) is 16.0 Å². The van der Waals surface area contributed by atoms with Gasteiger partial charge in [-0.1, -0.05) is 40.9 Å². The number of carbonyl (C=O) groups is 2. The summed E-state index contributed by atoms with van der Waals surface area (Å²) >= 11 is 19.6. The van der Waals surface area contributed by atoms with Crippen molar-refractivity contribution < 1.29 is 23.8 Å². The summed E-state index contributed by atoms with van der Waals surface area (Å²) in [5.74, 6) is 0.734. The first kappa shape index (κ1) is 39.4. The van der Waals surface area contributed by atoms with Crippen LogP contribution in [0.1, 0.15) is 81.2 Å². The van der Waals surface area contributed by atoms with E-state index in [1.165, 1.54) is 0 Å². The van der Waals surface area contributed by atoms with Crippen LogP contribution in [0, 0.1) is 12.8 Å². The number of benzene rings is 1. The second-order valence-corrected chi connectivity index (χ2v) is 16.7. The molecule has 2 aliphatic heterocycles. The van der Waals surface area contributed by atoms with Gasteiger partial charge in [0.1, 0.15) is 17.5 Å². The normalized spacial score (nSPS) is 20.4. The van der Waals surface area contributed by atoms with Crippen molar-refractivity contribution in [1.29, 1.82) is 0 Å². The number of piperidine rings is 1. The van der Waals surface area contributed by atoms with Gasteiger partial charge in [0.15, 0.2) is 5.75 Å². The molecule has 3 atom stereocenters. The fraction of sp³-hybridized carbons (Fsp3) is 0.550. The molecule has 3 fully saturated rings. The summed E-state index contributed by atoms with van der Waals surface area (Å²) in [7, 11) is 1.69. The van der Waals surface area contributed by atoms with E-state index in [1.807, 2.05) is 63.1 Å². The molecule has 3 aliphatic rings. The Hall–Kier alpha value is -3.31. The van der Waals surface area contributed by atoms with Gasteiger partial charge in [-0.2, -0.15) is 0 Å². The summed E-state index contributed by atoms with van der Waals surface area (Å²) in [4.78, 5) is 43.3. The van der Waals surface area contributed by atoms with E-state index in [0.29, 0.717) is 53.5 Å². The third-order valence-corrected chi connectivity index (χ3v) is 11.0. The second-order valence-electron chi connectivity index (χ2n) is 15.5. The molecule has 0 bridgehead atoms. The Morgan fingerprint density at radius 3 is 2.36 bits per heavy atom. The molecular formula is C40H50Cl3N5O5. The molecule has 53 heavy (non-hydrogen) atoms. The molecule has 13 heteroatoms. The highest BCUT2D eigenvalue weighted by Gasteiger charge is 2.43. The van der Waals surface area contributed by atoms with Crippen molar-refractivity contribution in [1.82, 2.24) is 19.8 Å². The minimum atomic E-state index is -0.648. The number of hydrogen-bond donors (Lipinski definition) is 0. The minimum absolute atomic E-state index is 0.0107. The van der Waals surface area contributed by atoms with E-state index in [-0.39, 0.29) is 30.5 Å². The maximum atomic E-state index is 14.8. The highest BCUT2D eigenvalue weighted by molar-refractivity contribution is 6.37. The summed E-state index contributed by atoms with van der Waals surface area (Å²) in [5, 5.41) is 1.54. The van der Waals surface area contributed by atoms with Crippen LogP contribution < -0.4 is 9.64 Å². The molecule has 0 N–H and O–H groups in total. The average Bonchev–Trinajstić information content (AvgIpc) is 3.85. The van der Waals surface area contributed by atoms with E-state index in [9.17, 15) is 9.59 Å². The smallest absolute Gasteiger partial charge is 0.410 e. The van der Waals surface area contributed by atoms with E-state index < -0.39 is 17.6 Å². The number of anilines is 1. The van der Waals surface area contributed by atoms with Crippen LogP contribution >= 0.6 is 34.8 Å². The minimum Gasteiger partial charge on any atom is -0.485 e. The van der Waals surface area contributed by atoms with Crippen molar-refractivity contribution in [2.24, 2.45) is 5.92 Å². The van der Waals surface area contributed by atoms with Gasteiger partial charge in [-0.05, 0) is 101 Å². The molecule has 2 aromatic heterocycles. The van der Waals surface area contributed by atoms with Gasteiger partial charge in [-0.15, -0.1) is 0 Å². The molecule has 10 nitrogen and oxygen atoms in total. The predicted molar refractivity (Wildman–Crippen MR) is 208 cm³/mol. The lowest BCUT2D eigenvalue weighted by Gasteiger charge is -2.40. The monoisotopic (exact) mass is 785 g/mol. The number of halogens is 3. The van der Waals surface area contributed by atoms with E-state index in [0.717, 1.165) is 66.9 Å². The molecule has 0 radical (unpaired) electrons. The van der Waals surface area contributed by atoms with Gasteiger partial charge in [0, 0.05) is 76.4 Å². The highest BCUT2D eigenvalue weighted by Crippen LogP contribution is 2.40. The predicted octanol–water partition coefficient (Wildman–Crippen LogP) is 8.51. The van der Waals surface area contributed by atoms with Gasteiger partial charge in [0.25, 0.3) is 0 Å². The van der Waals surface area contributed by atoms with Crippen LogP contribution in [-0.4, -0.2) is 89.4 Å². The number of aromatic nitrogens is 2. The zero-order valence-corrected chi connectivity index (χ0v) is 33.5. The van der Waals surface area contributed by atoms with Crippen molar-refractivity contribution in [3.63, 3.8) is 0 Å². The summed E-state index contributed by atoms with van der Waals surface area (Å²) in [6.07, 6.45) is 7.95. The highest BCUT2D eigenvalue weighted by atomic mass is 35.5. The van der Waals surface area contributed by atoms with Crippen LogP contribution in [0.15, 0.2) is 42.7 Å². The SMILES string of the molecule is COCCCc1cc(CN(C(=O)[C@@H]2CN(C(=O)OC(C)(C)C)CC[C@H]2c2ccc(N3CC[C@@H](Oc4c(Cl)cc(C)cc4Cl)C3)nc2)C2CC2)c(Cl)cn1. The van der Waals surface area contributed by atoms with Crippen molar-refractivity contribution in [3.05, 3.63) is 80.2 Å². The fourth-order valence-corrected chi connectivity index (χ4v) is 8.10. The van der Waals surface area contributed by atoms with E-state index in [1.54, 1.807) is 18.2 Å². The van der Waals surface area contributed by atoms with Crippen molar-refractivity contribution in [2.45, 2.75) is 96.4 Å². The zero-order chi connectivity index (χ0) is 37.9. The molecule has 6 rings (SSSR count). The molecule has 286 valence electrons. The van der Waals surface area contributed by atoms with Crippen molar-refractivity contribution in [3.8, 4) is 5.75 Å². The Balaban J connectivity index is 1.20. The lowest BCUT2D eigenvalue weighted by molar-refractivity contribution is -0.139. The molecule has 4 heterocycles. The maximum Gasteiger partial charge on any atom is 0.410 e. The van der Waals surface area contributed by atoms with E-state index in [4.69, 9.17) is 54.0 Å². The lowest BCUT2D eigenvalue weighted by Crippen LogP contribution is -2.51. The van der Waals surface area contributed by atoms with Gasteiger partial charge in [0.2, 0.25) is 5.91 Å². The molecule has 1 aromatic carbocycles. The molecule has 0 spiro atoms. The van der Waals surface area contributed by atoms with Crippen LogP contribution in [0.2, 0.25) is 15.1 Å². The number of nitrogens with zero attached hydrogens (tertiary/aromatic N) is 5. The molecule has 2 saturated heterocycles. The topological polar surface area (TPSA) is 97.3 Å². The van der Waals surface area contributed by atoms with Crippen LogP contribution in [-0.2, 0) is 27.2 Å². The third kappa shape index (κ3) is 10.1. The summed E-state index contributed by atoms with van der Waals surface area (Å²) in [6, 6.07) is 9.93. The Morgan fingerprint density at radius 1 is 0.943 bits per heavy atom. The molecule has 1 saturated carbocycles. The quantitative estimate of drug-likeness (QED) is 0.169. The summed E-state index contributed by atoms with van der Waals surface area (Å²) in [5.41, 5.74) is 3.09. The van der Waals surface area contributed by atoms with Gasteiger partial charge in [-0.25, -0.2) is 9.78 Å². The molecule has 0 unspecified atom stereocenters. The molecule has 2 amide bonds. The Labute approximate surface area is 328 Å². The zero-order valence-electron chi connectivity index (χ0n) is 31.2. The Bertz CT molecular complexity index is 1740. The number of pyridine rings is 2. The number of ether oxygens (including phenoxy) is 3. The number of rotatable bonds is 12. The van der Waals surface area contributed by atoms with Crippen LogP contribution in [0.3, 0.4) is 0 Å². The van der Waals surface area contributed by atoms with Gasteiger partial charge < -0.3 is 28.9 Å². The number of methoxy groups -OCH3 is 1. The summed E-state index contributed by atoms with van der Waals surface area (Å²) < 4.78 is 17.2. The third-order valence-electron chi connectivity index (χ3n) is 10.1. The van der Waals surface area contributed by atoms with Gasteiger partial charge in [-0.3, -0.25) is 9.78 Å². The second kappa shape index (κ2) is 17.0. The van der Waals surface area contributed by atoms with Gasteiger partial charge >= 0.3 is 6.09 Å². The number of aryl methyl sites for hydroxylation is 2. The van der Waals surface area contributed by atoms with Gasteiger partial charge in [0.05, 0.1) is 27.5 Å². The number of likely N-dealkylation sites (tertiary alicyclic amines) is 1. The maximum absolute atomic E-state index is 14.8. The Kier molecular flexibility index (Phi) is 12.6. The average molecular weight is 787 g/mol. The summed E-state index contributed by atoms with van der Waals surface area (Å²) in [6.45, 7) is 10.7. The van der Waals surface area contributed by atoms with Crippen LogP contribution in [0.4, 0.5) is 10.6 Å². The number of amides is 2. The number of hydrogen-bond acceptors (Lipinski definition) is 8.